The van der Waals surface area contributed by atoms with Crippen molar-refractivity contribution < 1.29 is 8.42 Å². The molecule has 1 fully saturated rings. The molecule has 1 aliphatic rings. The molecule has 0 aromatic heterocycles. The van der Waals surface area contributed by atoms with E-state index in [9.17, 15) is 8.42 Å². The Morgan fingerprint density at radius 1 is 1.22 bits per heavy atom. The van der Waals surface area contributed by atoms with Gasteiger partial charge >= 0.3 is 0 Å². The van der Waals surface area contributed by atoms with Crippen LogP contribution >= 0.6 is 0 Å². The Labute approximate surface area is 109 Å². The van der Waals surface area contributed by atoms with Crippen LogP contribution in [0.4, 0.5) is 0 Å². The molecule has 0 saturated heterocycles. The maximum absolute atomic E-state index is 12.0. The van der Waals surface area contributed by atoms with Gasteiger partial charge in [0.25, 0.3) is 0 Å². The van der Waals surface area contributed by atoms with E-state index >= 15 is 0 Å². The Balaban J connectivity index is 1.97. The summed E-state index contributed by atoms with van der Waals surface area (Å²) in [6, 6.07) is 7.41. The largest absolute Gasteiger partial charge is 0.326 e. The minimum atomic E-state index is -3.24. The van der Waals surface area contributed by atoms with Crippen molar-refractivity contribution in [2.24, 2.45) is 11.7 Å². The first-order chi connectivity index (χ1) is 8.61. The third kappa shape index (κ3) is 3.54. The van der Waals surface area contributed by atoms with E-state index in [0.717, 1.165) is 24.0 Å². The fourth-order valence-electron chi connectivity index (χ4n) is 2.09. The number of benzene rings is 1. The van der Waals surface area contributed by atoms with Crippen LogP contribution in [0.3, 0.4) is 0 Å². The average Bonchev–Trinajstić information content (AvgIpc) is 2.27. The highest BCUT2D eigenvalue weighted by Crippen LogP contribution is 2.25. The van der Waals surface area contributed by atoms with Crippen molar-refractivity contribution >= 4 is 10.0 Å². The third-order valence-electron chi connectivity index (χ3n) is 3.50. The van der Waals surface area contributed by atoms with Gasteiger partial charge in [-0.3, -0.25) is 0 Å². The van der Waals surface area contributed by atoms with Gasteiger partial charge in [-0.1, -0.05) is 30.7 Å². The average molecular weight is 268 g/mol. The topological polar surface area (TPSA) is 72.2 Å². The summed E-state index contributed by atoms with van der Waals surface area (Å²) < 4.78 is 26.6. The minimum absolute atomic E-state index is 0.0209. The predicted octanol–water partition coefficient (Wildman–Crippen LogP) is 1.36. The van der Waals surface area contributed by atoms with Gasteiger partial charge in [0.1, 0.15) is 0 Å². The molecule has 4 nitrogen and oxygen atoms in total. The first-order valence-electron chi connectivity index (χ1n) is 6.35. The first-order valence-corrected chi connectivity index (χ1v) is 8.00. The van der Waals surface area contributed by atoms with Crippen LogP contribution in [0.5, 0.6) is 0 Å². The predicted molar refractivity (Wildman–Crippen MR) is 72.3 cm³/mol. The number of hydrogen-bond donors (Lipinski definition) is 2. The van der Waals surface area contributed by atoms with Crippen molar-refractivity contribution in [3.05, 3.63) is 35.4 Å². The second kappa shape index (κ2) is 5.82. The van der Waals surface area contributed by atoms with Gasteiger partial charge < -0.3 is 5.73 Å². The van der Waals surface area contributed by atoms with Gasteiger partial charge in [-0.2, -0.15) is 0 Å². The summed E-state index contributed by atoms with van der Waals surface area (Å²) in [5.74, 6) is 0.553. The number of rotatable bonds is 6. The van der Waals surface area contributed by atoms with Gasteiger partial charge in [0.2, 0.25) is 10.0 Å². The molecule has 1 aromatic carbocycles. The van der Waals surface area contributed by atoms with Crippen molar-refractivity contribution in [3.63, 3.8) is 0 Å². The SMILES string of the molecule is NCc1ccccc1CS(=O)(=O)NCC1CCC1. The molecule has 1 saturated carbocycles. The van der Waals surface area contributed by atoms with Gasteiger partial charge in [0, 0.05) is 13.1 Å². The molecule has 0 unspecified atom stereocenters. The Morgan fingerprint density at radius 2 is 1.89 bits per heavy atom. The number of nitrogens with two attached hydrogens (primary N) is 1. The molecule has 0 heterocycles. The van der Waals surface area contributed by atoms with E-state index in [4.69, 9.17) is 5.73 Å². The highest BCUT2D eigenvalue weighted by Gasteiger charge is 2.20. The zero-order valence-electron chi connectivity index (χ0n) is 10.4. The van der Waals surface area contributed by atoms with Gasteiger partial charge in [0.15, 0.2) is 0 Å². The smallest absolute Gasteiger partial charge is 0.215 e. The zero-order chi connectivity index (χ0) is 13.0. The molecule has 0 bridgehead atoms. The van der Waals surface area contributed by atoms with E-state index in [1.807, 2.05) is 24.3 Å². The molecule has 1 aliphatic carbocycles. The summed E-state index contributed by atoms with van der Waals surface area (Å²) in [6.07, 6.45) is 3.51. The number of nitrogens with one attached hydrogen (secondary N) is 1. The number of hydrogen-bond acceptors (Lipinski definition) is 3. The lowest BCUT2D eigenvalue weighted by atomic mass is 9.86. The van der Waals surface area contributed by atoms with E-state index in [1.54, 1.807) is 0 Å². The molecule has 100 valence electrons. The van der Waals surface area contributed by atoms with Crippen LogP contribution in [0.25, 0.3) is 0 Å². The molecule has 0 radical (unpaired) electrons. The van der Waals surface area contributed by atoms with E-state index < -0.39 is 10.0 Å². The molecule has 5 heteroatoms. The molecule has 1 aromatic rings. The lowest BCUT2D eigenvalue weighted by Gasteiger charge is -2.25. The van der Waals surface area contributed by atoms with Gasteiger partial charge in [-0.15, -0.1) is 0 Å². The highest BCUT2D eigenvalue weighted by molar-refractivity contribution is 7.88. The summed E-state index contributed by atoms with van der Waals surface area (Å²) in [7, 11) is -3.24. The standard InChI is InChI=1S/C13H20N2O2S/c14-8-12-6-1-2-7-13(12)10-18(16,17)15-9-11-4-3-5-11/h1-2,6-7,11,15H,3-5,8-10,14H2. The first kappa shape index (κ1) is 13.5. The Morgan fingerprint density at radius 3 is 2.44 bits per heavy atom. The van der Waals surface area contributed by atoms with Crippen LogP contribution in [0.2, 0.25) is 0 Å². The zero-order valence-corrected chi connectivity index (χ0v) is 11.2. The fraction of sp³-hybridized carbons (Fsp3) is 0.538. The van der Waals surface area contributed by atoms with Crippen LogP contribution in [0.15, 0.2) is 24.3 Å². The van der Waals surface area contributed by atoms with Gasteiger partial charge in [-0.25, -0.2) is 13.1 Å². The van der Waals surface area contributed by atoms with E-state index in [2.05, 4.69) is 4.72 Å². The molecule has 2 rings (SSSR count). The summed E-state index contributed by atoms with van der Waals surface area (Å²) in [6.45, 7) is 0.946. The summed E-state index contributed by atoms with van der Waals surface area (Å²) in [4.78, 5) is 0. The van der Waals surface area contributed by atoms with Crippen LogP contribution in [-0.4, -0.2) is 15.0 Å². The summed E-state index contributed by atoms with van der Waals surface area (Å²) >= 11 is 0. The Bertz CT molecular complexity index is 495. The molecular weight excluding hydrogens is 248 g/mol. The monoisotopic (exact) mass is 268 g/mol. The Hall–Kier alpha value is -0.910. The van der Waals surface area contributed by atoms with Crippen molar-refractivity contribution in [2.75, 3.05) is 6.54 Å². The maximum atomic E-state index is 12.0. The van der Waals surface area contributed by atoms with Gasteiger partial charge in [-0.05, 0) is 29.9 Å². The van der Waals surface area contributed by atoms with Crippen molar-refractivity contribution in [3.8, 4) is 0 Å². The highest BCUT2D eigenvalue weighted by atomic mass is 32.2. The van der Waals surface area contributed by atoms with Crippen LogP contribution in [-0.2, 0) is 22.3 Å². The van der Waals surface area contributed by atoms with E-state index in [-0.39, 0.29) is 5.75 Å². The fourth-order valence-corrected chi connectivity index (χ4v) is 3.38. The summed E-state index contributed by atoms with van der Waals surface area (Å²) in [5, 5.41) is 0. The van der Waals surface area contributed by atoms with E-state index in [1.165, 1.54) is 6.42 Å². The van der Waals surface area contributed by atoms with E-state index in [0.29, 0.717) is 19.0 Å². The van der Waals surface area contributed by atoms with Gasteiger partial charge in [0.05, 0.1) is 5.75 Å². The second-order valence-electron chi connectivity index (χ2n) is 4.88. The van der Waals surface area contributed by atoms with Crippen LogP contribution in [0, 0.1) is 5.92 Å². The molecule has 18 heavy (non-hydrogen) atoms. The van der Waals surface area contributed by atoms with Crippen LogP contribution < -0.4 is 10.5 Å². The Kier molecular flexibility index (Phi) is 4.37. The molecule has 0 aliphatic heterocycles. The van der Waals surface area contributed by atoms with Crippen molar-refractivity contribution in [1.82, 2.24) is 4.72 Å². The molecule has 3 N–H and O–H groups in total. The number of sulfonamides is 1. The van der Waals surface area contributed by atoms with Crippen molar-refractivity contribution in [2.45, 2.75) is 31.6 Å². The quantitative estimate of drug-likeness (QED) is 0.818. The molecule has 0 amide bonds. The molecule has 0 atom stereocenters. The minimum Gasteiger partial charge on any atom is -0.326 e. The van der Waals surface area contributed by atoms with Crippen molar-refractivity contribution in [1.29, 1.82) is 0 Å². The summed E-state index contributed by atoms with van der Waals surface area (Å²) in [5.41, 5.74) is 7.29. The molecule has 0 spiro atoms. The normalized spacial score (nSPS) is 16.5. The lowest BCUT2D eigenvalue weighted by Crippen LogP contribution is -2.33. The van der Waals surface area contributed by atoms with Crippen LogP contribution in [0.1, 0.15) is 30.4 Å². The second-order valence-corrected chi connectivity index (χ2v) is 6.68. The molecular formula is C13H20N2O2S. The maximum Gasteiger partial charge on any atom is 0.215 e. The third-order valence-corrected chi connectivity index (χ3v) is 4.80. The lowest BCUT2D eigenvalue weighted by molar-refractivity contribution is 0.316.